The number of benzene rings is 2. The maximum atomic E-state index is 14.1. The molecule has 222 valence electrons. The highest BCUT2D eigenvalue weighted by Crippen LogP contribution is 2.45. The molecule has 0 saturated carbocycles. The molecule has 1 heterocycles. The maximum Gasteiger partial charge on any atom is 0.325 e. The Hall–Kier alpha value is -3.83. The van der Waals surface area contributed by atoms with Crippen LogP contribution < -0.4 is 19.7 Å². The number of fused-ring (bicyclic) bond motifs is 1. The number of carboxylic acid groups (broad SMARTS) is 1. The topological polar surface area (TPSA) is 141 Å². The Morgan fingerprint density at radius 1 is 1.15 bits per heavy atom. The Morgan fingerprint density at radius 2 is 1.85 bits per heavy atom. The largest absolute Gasteiger partial charge is 0.493 e. The Morgan fingerprint density at radius 3 is 2.46 bits per heavy atom. The van der Waals surface area contributed by atoms with Crippen LogP contribution in [0.5, 0.6) is 11.5 Å². The molecule has 0 aliphatic carbocycles. The van der Waals surface area contributed by atoms with Crippen LogP contribution in [-0.4, -0.2) is 68.4 Å². The highest BCUT2D eigenvalue weighted by Gasteiger charge is 2.41. The number of rotatable bonds is 11. The highest BCUT2D eigenvalue weighted by atomic mass is 35.5. The Bertz CT molecular complexity index is 1310. The molecule has 0 fully saturated rings. The Balaban J connectivity index is 2.17. The zero-order valence-corrected chi connectivity index (χ0v) is 24.6. The van der Waals surface area contributed by atoms with Crippen molar-refractivity contribution >= 4 is 41.0 Å². The first-order valence-electron chi connectivity index (χ1n) is 12.9. The third-order valence-electron chi connectivity index (χ3n) is 6.49. The van der Waals surface area contributed by atoms with Gasteiger partial charge in [0.2, 0.25) is 5.91 Å². The fourth-order valence-corrected chi connectivity index (χ4v) is 4.71. The summed E-state index contributed by atoms with van der Waals surface area (Å²) in [6, 6.07) is 9.04. The fourth-order valence-electron chi connectivity index (χ4n) is 4.53. The van der Waals surface area contributed by atoms with Gasteiger partial charge < -0.3 is 34.3 Å². The number of esters is 1. The monoisotopic (exact) mass is 590 g/mol. The molecule has 41 heavy (non-hydrogen) atoms. The van der Waals surface area contributed by atoms with Crippen LogP contribution in [-0.2, 0) is 28.7 Å². The number of carboxylic acids is 1. The van der Waals surface area contributed by atoms with Crippen molar-refractivity contribution in [3.8, 4) is 11.5 Å². The summed E-state index contributed by atoms with van der Waals surface area (Å²) in [7, 11) is 2.97. The van der Waals surface area contributed by atoms with E-state index in [1.165, 1.54) is 33.0 Å². The number of anilines is 1. The van der Waals surface area contributed by atoms with Crippen LogP contribution in [0.3, 0.4) is 0 Å². The van der Waals surface area contributed by atoms with Crippen molar-refractivity contribution in [2.75, 3.05) is 32.3 Å². The van der Waals surface area contributed by atoms with E-state index in [1.807, 2.05) is 13.8 Å². The molecule has 2 amide bonds. The number of nitrogens with one attached hydrogen (secondary N) is 1. The molecule has 0 radical (unpaired) electrons. The van der Waals surface area contributed by atoms with Crippen molar-refractivity contribution in [2.45, 2.75) is 52.4 Å². The van der Waals surface area contributed by atoms with E-state index in [-0.39, 0.29) is 13.2 Å². The normalized spacial score (nSPS) is 17.6. The minimum Gasteiger partial charge on any atom is -0.493 e. The second-order valence-electron chi connectivity index (χ2n) is 10.5. The van der Waals surface area contributed by atoms with Crippen molar-refractivity contribution in [1.82, 2.24) is 5.32 Å². The van der Waals surface area contributed by atoms with Gasteiger partial charge in [0.05, 0.1) is 27.2 Å². The molecule has 1 aliphatic heterocycles. The quantitative estimate of drug-likeness (QED) is 0.374. The summed E-state index contributed by atoms with van der Waals surface area (Å²) in [5.74, 6) is -2.10. The molecule has 2 N–H and O–H groups in total. The van der Waals surface area contributed by atoms with Crippen LogP contribution >= 0.6 is 11.6 Å². The molecular formula is C29H35ClN2O9. The molecule has 0 saturated heterocycles. The van der Waals surface area contributed by atoms with Crippen LogP contribution in [0.1, 0.15) is 51.3 Å². The first-order valence-corrected chi connectivity index (χ1v) is 13.3. The molecule has 3 rings (SSSR count). The third-order valence-corrected chi connectivity index (χ3v) is 6.73. The van der Waals surface area contributed by atoms with Crippen molar-refractivity contribution in [1.29, 1.82) is 0 Å². The number of hydrogen-bond donors (Lipinski definition) is 2. The van der Waals surface area contributed by atoms with Gasteiger partial charge in [-0.05, 0) is 31.2 Å². The molecule has 2 aromatic carbocycles. The van der Waals surface area contributed by atoms with Gasteiger partial charge in [-0.2, -0.15) is 0 Å². The van der Waals surface area contributed by atoms with Gasteiger partial charge in [0, 0.05) is 40.7 Å². The van der Waals surface area contributed by atoms with Crippen molar-refractivity contribution in [2.24, 2.45) is 5.41 Å². The lowest BCUT2D eigenvalue weighted by molar-refractivity contribution is -0.144. The summed E-state index contributed by atoms with van der Waals surface area (Å²) in [6.07, 6.45) is -2.72. The van der Waals surface area contributed by atoms with Gasteiger partial charge in [-0.1, -0.05) is 37.6 Å². The summed E-state index contributed by atoms with van der Waals surface area (Å²) in [5.41, 5.74) is 0.832. The number of methoxy groups -OCH3 is 2. The lowest BCUT2D eigenvalue weighted by Crippen LogP contribution is -2.47. The number of nitrogens with zero attached hydrogens (tertiary/aromatic N) is 1. The SMILES string of the molecule is COc1cccc([C@H]2O[C@H](CC(=O)N[C@H](C)C(=O)O)C(=O)N(CC(C)(C)COC(C)=O)c3ccc(Cl)cc32)c1OC. The third kappa shape index (κ3) is 7.68. The van der Waals surface area contributed by atoms with E-state index >= 15 is 0 Å². The van der Waals surface area contributed by atoms with E-state index in [0.717, 1.165) is 0 Å². The van der Waals surface area contributed by atoms with Gasteiger partial charge in [-0.25, -0.2) is 0 Å². The molecule has 0 unspecified atom stereocenters. The number of ether oxygens (including phenoxy) is 4. The summed E-state index contributed by atoms with van der Waals surface area (Å²) in [6.45, 7) is 6.43. The number of carbonyl (C=O) groups is 4. The number of carbonyl (C=O) groups excluding carboxylic acids is 3. The molecule has 0 aromatic heterocycles. The van der Waals surface area contributed by atoms with E-state index in [1.54, 1.807) is 36.4 Å². The lowest BCUT2D eigenvalue weighted by Gasteiger charge is -2.33. The maximum absolute atomic E-state index is 14.1. The zero-order valence-electron chi connectivity index (χ0n) is 23.9. The van der Waals surface area contributed by atoms with Crippen LogP contribution in [0.15, 0.2) is 36.4 Å². The second-order valence-corrected chi connectivity index (χ2v) is 10.9. The van der Waals surface area contributed by atoms with Crippen molar-refractivity contribution < 1.29 is 43.2 Å². The van der Waals surface area contributed by atoms with Gasteiger partial charge in [-0.15, -0.1) is 0 Å². The molecule has 1 aliphatic rings. The molecule has 11 nitrogen and oxygen atoms in total. The molecular weight excluding hydrogens is 556 g/mol. The predicted octanol–water partition coefficient (Wildman–Crippen LogP) is 3.75. The van der Waals surface area contributed by atoms with Crippen LogP contribution in [0.25, 0.3) is 0 Å². The Kier molecular flexibility index (Phi) is 10.2. The van der Waals surface area contributed by atoms with E-state index < -0.39 is 53.8 Å². The van der Waals surface area contributed by atoms with E-state index in [0.29, 0.717) is 33.3 Å². The van der Waals surface area contributed by atoms with Crippen LogP contribution in [0, 0.1) is 5.41 Å². The number of halogens is 1. The number of aliphatic carboxylic acids is 1. The van der Waals surface area contributed by atoms with Gasteiger partial charge in [0.15, 0.2) is 11.5 Å². The zero-order chi connectivity index (χ0) is 30.5. The van der Waals surface area contributed by atoms with Gasteiger partial charge in [0.25, 0.3) is 5.91 Å². The predicted molar refractivity (Wildman–Crippen MR) is 150 cm³/mol. The summed E-state index contributed by atoms with van der Waals surface area (Å²) >= 11 is 6.43. The fraction of sp³-hybridized carbons (Fsp3) is 0.448. The lowest BCUT2D eigenvalue weighted by atomic mass is 9.92. The van der Waals surface area contributed by atoms with Gasteiger partial charge in [0.1, 0.15) is 18.2 Å². The van der Waals surface area contributed by atoms with Crippen LogP contribution in [0.2, 0.25) is 5.02 Å². The van der Waals surface area contributed by atoms with Crippen molar-refractivity contribution in [3.05, 3.63) is 52.5 Å². The highest BCUT2D eigenvalue weighted by molar-refractivity contribution is 6.30. The average Bonchev–Trinajstić information content (AvgIpc) is 3.01. The van der Waals surface area contributed by atoms with E-state index in [9.17, 15) is 24.3 Å². The Labute approximate surface area is 243 Å². The van der Waals surface area contributed by atoms with Crippen LogP contribution in [0.4, 0.5) is 5.69 Å². The van der Waals surface area contributed by atoms with E-state index in [2.05, 4.69) is 5.32 Å². The minimum atomic E-state index is -1.33. The first kappa shape index (κ1) is 31.7. The molecule has 12 heteroatoms. The average molecular weight is 591 g/mol. The van der Waals surface area contributed by atoms with Crippen molar-refractivity contribution in [3.63, 3.8) is 0 Å². The number of para-hydroxylation sites is 1. The first-order chi connectivity index (χ1) is 19.3. The second kappa shape index (κ2) is 13.2. The summed E-state index contributed by atoms with van der Waals surface area (Å²) < 4.78 is 22.8. The molecule has 2 aromatic rings. The smallest absolute Gasteiger partial charge is 0.325 e. The molecule has 3 atom stereocenters. The number of hydrogen-bond acceptors (Lipinski definition) is 8. The van der Waals surface area contributed by atoms with Gasteiger partial charge >= 0.3 is 11.9 Å². The molecule has 0 spiro atoms. The standard InChI is InChI=1S/C29H35ClN2O9/c1-16(28(36)37)31-24(34)13-23-27(35)32(14-29(3,4)15-40-17(2)33)21-11-10-18(30)12-20(21)25(41-23)19-8-7-9-22(38-5)26(19)39-6/h7-12,16,23,25H,13-15H2,1-6H3,(H,31,34)(H,36,37)/t16-,23-,25-/m1/s1. The minimum absolute atomic E-state index is 0.0321. The summed E-state index contributed by atoms with van der Waals surface area (Å²) in [4.78, 5) is 51.3. The number of amides is 2. The summed E-state index contributed by atoms with van der Waals surface area (Å²) in [5, 5.41) is 12.0. The molecule has 0 bridgehead atoms. The van der Waals surface area contributed by atoms with Gasteiger partial charge in [-0.3, -0.25) is 19.2 Å². The van der Waals surface area contributed by atoms with E-state index in [4.69, 9.17) is 30.5 Å².